The van der Waals surface area contributed by atoms with Gasteiger partial charge in [0.25, 0.3) is 5.56 Å². The van der Waals surface area contributed by atoms with Crippen LogP contribution >= 0.6 is 23.2 Å². The van der Waals surface area contributed by atoms with Gasteiger partial charge in [0.1, 0.15) is 11.8 Å². The maximum atomic E-state index is 13.2. The van der Waals surface area contributed by atoms with E-state index in [0.29, 0.717) is 41.9 Å². The Morgan fingerprint density at radius 2 is 1.67 bits per heavy atom. The lowest BCUT2D eigenvalue weighted by Crippen LogP contribution is -2.51. The molecule has 9 heteroatoms. The molecule has 33 heavy (non-hydrogen) atoms. The molecule has 0 aliphatic carbocycles. The lowest BCUT2D eigenvalue weighted by molar-refractivity contribution is -0.135. The molecule has 1 aliphatic heterocycles. The number of aromatic nitrogens is 2. The number of carbonyl (C=O) groups excluding carboxylic acids is 1. The van der Waals surface area contributed by atoms with Gasteiger partial charge in [0.05, 0.1) is 22.8 Å². The summed E-state index contributed by atoms with van der Waals surface area (Å²) in [6.45, 7) is 4.10. The number of ether oxygens (including phenoxy) is 1. The summed E-state index contributed by atoms with van der Waals surface area (Å²) in [6.07, 6.45) is 0. The maximum Gasteiger partial charge on any atom is 0.267 e. The van der Waals surface area contributed by atoms with Crippen molar-refractivity contribution in [2.75, 3.05) is 38.2 Å². The van der Waals surface area contributed by atoms with E-state index in [1.165, 1.54) is 10.7 Å². The number of hydrogen-bond donors (Lipinski definition) is 0. The van der Waals surface area contributed by atoms with Crippen molar-refractivity contribution >= 4 is 34.8 Å². The van der Waals surface area contributed by atoms with Crippen LogP contribution in [0.15, 0.2) is 59.4 Å². The SMILES string of the molecule is COc1ccc(-c2ccc(=O)n(C(C)C(=O)N3CCN(c4ccc(Cl)c(Cl)c4)CC3)n2)cc1. The highest BCUT2D eigenvalue weighted by atomic mass is 35.5. The van der Waals surface area contributed by atoms with Crippen LogP contribution in [0.25, 0.3) is 11.3 Å². The lowest BCUT2D eigenvalue weighted by atomic mass is 10.1. The summed E-state index contributed by atoms with van der Waals surface area (Å²) in [5.74, 6) is 0.598. The number of methoxy groups -OCH3 is 1. The fraction of sp³-hybridized carbons (Fsp3) is 0.292. The molecule has 1 unspecified atom stereocenters. The number of rotatable bonds is 5. The molecule has 7 nitrogen and oxygen atoms in total. The molecule has 0 spiro atoms. The first-order valence-corrected chi connectivity index (χ1v) is 11.4. The Balaban J connectivity index is 1.46. The molecule has 172 valence electrons. The Kier molecular flexibility index (Phi) is 6.91. The van der Waals surface area contributed by atoms with Crippen LogP contribution in [0.3, 0.4) is 0 Å². The molecule has 1 aliphatic rings. The largest absolute Gasteiger partial charge is 0.497 e. The molecule has 1 atom stereocenters. The second-order valence-corrected chi connectivity index (χ2v) is 8.63. The van der Waals surface area contributed by atoms with Gasteiger partial charge in [-0.05, 0) is 55.5 Å². The molecule has 1 saturated heterocycles. The first-order chi connectivity index (χ1) is 15.9. The third-order valence-electron chi connectivity index (χ3n) is 5.79. The fourth-order valence-electron chi connectivity index (χ4n) is 3.85. The van der Waals surface area contributed by atoms with Gasteiger partial charge in [0, 0.05) is 43.5 Å². The third-order valence-corrected chi connectivity index (χ3v) is 6.53. The highest BCUT2D eigenvalue weighted by molar-refractivity contribution is 6.42. The molecule has 1 aromatic heterocycles. The molecule has 0 bridgehead atoms. The van der Waals surface area contributed by atoms with Gasteiger partial charge in [0.15, 0.2) is 0 Å². The van der Waals surface area contributed by atoms with Gasteiger partial charge in [-0.1, -0.05) is 23.2 Å². The summed E-state index contributed by atoms with van der Waals surface area (Å²) in [5, 5.41) is 5.49. The van der Waals surface area contributed by atoms with E-state index in [4.69, 9.17) is 27.9 Å². The molecule has 1 fully saturated rings. The zero-order valence-corrected chi connectivity index (χ0v) is 19.9. The van der Waals surface area contributed by atoms with Crippen molar-refractivity contribution in [2.24, 2.45) is 0 Å². The van der Waals surface area contributed by atoms with E-state index in [2.05, 4.69) is 10.00 Å². The number of piperazine rings is 1. The Bertz CT molecular complexity index is 1210. The molecule has 3 aromatic rings. The quantitative estimate of drug-likeness (QED) is 0.542. The summed E-state index contributed by atoms with van der Waals surface area (Å²) < 4.78 is 6.45. The Morgan fingerprint density at radius 1 is 0.970 bits per heavy atom. The van der Waals surface area contributed by atoms with Crippen LogP contribution in [0.4, 0.5) is 5.69 Å². The Morgan fingerprint density at radius 3 is 2.30 bits per heavy atom. The van der Waals surface area contributed by atoms with Gasteiger partial charge < -0.3 is 14.5 Å². The van der Waals surface area contributed by atoms with Crippen molar-refractivity contribution in [3.05, 3.63) is 75.0 Å². The van der Waals surface area contributed by atoms with E-state index in [0.717, 1.165) is 17.0 Å². The average Bonchev–Trinajstić information content (AvgIpc) is 2.85. The number of anilines is 1. The van der Waals surface area contributed by atoms with Gasteiger partial charge in [-0.15, -0.1) is 0 Å². The zero-order valence-electron chi connectivity index (χ0n) is 18.4. The number of halogens is 2. The standard InChI is InChI=1S/C24H24Cl2N4O3/c1-16(30-23(31)10-9-22(27-30)17-3-6-19(33-2)7-4-17)24(32)29-13-11-28(12-14-29)18-5-8-20(25)21(26)15-18/h3-10,15-16H,11-14H2,1-2H3. The maximum absolute atomic E-state index is 13.2. The van der Waals surface area contributed by atoms with Crippen LogP contribution in [0.2, 0.25) is 10.0 Å². The minimum Gasteiger partial charge on any atom is -0.497 e. The van der Waals surface area contributed by atoms with Crippen molar-refractivity contribution in [1.29, 1.82) is 0 Å². The summed E-state index contributed by atoms with van der Waals surface area (Å²) in [4.78, 5) is 29.6. The average molecular weight is 487 g/mol. The predicted molar refractivity (Wildman–Crippen MR) is 130 cm³/mol. The number of hydrogen-bond acceptors (Lipinski definition) is 5. The molecule has 4 rings (SSSR count). The molecule has 2 heterocycles. The summed E-state index contributed by atoms with van der Waals surface area (Å²) >= 11 is 12.2. The molecule has 1 amide bonds. The molecule has 0 saturated carbocycles. The van der Waals surface area contributed by atoms with Crippen LogP contribution in [0, 0.1) is 0 Å². The van der Waals surface area contributed by atoms with Gasteiger partial charge in [-0.2, -0.15) is 5.10 Å². The van der Waals surface area contributed by atoms with Crippen molar-refractivity contribution in [3.8, 4) is 17.0 Å². The summed E-state index contributed by atoms with van der Waals surface area (Å²) in [5.41, 5.74) is 2.10. The van der Waals surface area contributed by atoms with E-state index >= 15 is 0 Å². The molecule has 0 N–H and O–H groups in total. The van der Waals surface area contributed by atoms with Crippen molar-refractivity contribution in [3.63, 3.8) is 0 Å². The number of nitrogens with zero attached hydrogens (tertiary/aromatic N) is 4. The van der Waals surface area contributed by atoms with E-state index in [1.807, 2.05) is 36.4 Å². The Labute approximate surface area is 202 Å². The number of benzene rings is 2. The highest BCUT2D eigenvalue weighted by Gasteiger charge is 2.27. The summed E-state index contributed by atoms with van der Waals surface area (Å²) in [6, 6.07) is 15.3. The van der Waals surface area contributed by atoms with Crippen LogP contribution in [0.1, 0.15) is 13.0 Å². The first-order valence-electron chi connectivity index (χ1n) is 10.6. The number of carbonyl (C=O) groups is 1. The Hall–Kier alpha value is -3.03. The number of amides is 1. The van der Waals surface area contributed by atoms with Gasteiger partial charge in [-0.3, -0.25) is 9.59 Å². The van der Waals surface area contributed by atoms with Crippen LogP contribution in [-0.2, 0) is 4.79 Å². The lowest BCUT2D eigenvalue weighted by Gasteiger charge is -2.37. The summed E-state index contributed by atoms with van der Waals surface area (Å²) in [7, 11) is 1.60. The second kappa shape index (κ2) is 9.85. The van der Waals surface area contributed by atoms with Crippen molar-refractivity contribution in [1.82, 2.24) is 14.7 Å². The van der Waals surface area contributed by atoms with Crippen molar-refractivity contribution in [2.45, 2.75) is 13.0 Å². The monoisotopic (exact) mass is 486 g/mol. The zero-order chi connectivity index (χ0) is 23.5. The van der Waals surface area contributed by atoms with E-state index < -0.39 is 6.04 Å². The third kappa shape index (κ3) is 4.99. The minimum absolute atomic E-state index is 0.134. The smallest absolute Gasteiger partial charge is 0.267 e. The predicted octanol–water partition coefficient (Wildman–Crippen LogP) is 4.14. The van der Waals surface area contributed by atoms with Crippen molar-refractivity contribution < 1.29 is 9.53 Å². The molecule has 0 radical (unpaired) electrons. The highest BCUT2D eigenvalue weighted by Crippen LogP contribution is 2.28. The molecular formula is C24H24Cl2N4O3. The first kappa shape index (κ1) is 23.1. The van der Waals surface area contributed by atoms with Gasteiger partial charge >= 0.3 is 0 Å². The van der Waals surface area contributed by atoms with Crippen LogP contribution in [0.5, 0.6) is 5.75 Å². The fourth-order valence-corrected chi connectivity index (χ4v) is 4.15. The van der Waals surface area contributed by atoms with Crippen LogP contribution in [-0.4, -0.2) is 53.9 Å². The molecular weight excluding hydrogens is 463 g/mol. The molecule has 2 aromatic carbocycles. The van der Waals surface area contributed by atoms with Crippen LogP contribution < -0.4 is 15.2 Å². The normalized spacial score (nSPS) is 14.8. The van der Waals surface area contributed by atoms with Gasteiger partial charge in [-0.25, -0.2) is 4.68 Å². The second-order valence-electron chi connectivity index (χ2n) is 7.82. The minimum atomic E-state index is -0.716. The van der Waals surface area contributed by atoms with Gasteiger partial charge in [0.2, 0.25) is 5.91 Å². The topological polar surface area (TPSA) is 67.7 Å². The van der Waals surface area contributed by atoms with E-state index in [9.17, 15) is 9.59 Å². The van der Waals surface area contributed by atoms with E-state index in [1.54, 1.807) is 31.1 Å². The van der Waals surface area contributed by atoms with E-state index in [-0.39, 0.29) is 11.5 Å².